The number of carbonyl (C=O) groups is 3. The molecule has 0 saturated heterocycles. The van der Waals surface area contributed by atoms with E-state index in [1.54, 1.807) is 31.2 Å². The largest absolute Gasteiger partial charge is 0.484 e. The number of thiophene rings is 1. The van der Waals surface area contributed by atoms with Gasteiger partial charge in [-0.25, -0.2) is 4.79 Å². The van der Waals surface area contributed by atoms with Gasteiger partial charge in [0, 0.05) is 17.0 Å². The summed E-state index contributed by atoms with van der Waals surface area (Å²) in [6.45, 7) is 4.45. The molecule has 1 aromatic heterocycles. The molecule has 0 saturated carbocycles. The van der Waals surface area contributed by atoms with Gasteiger partial charge in [0.15, 0.2) is 6.61 Å². The van der Waals surface area contributed by atoms with Crippen LogP contribution in [0.1, 0.15) is 57.0 Å². The zero-order chi connectivity index (χ0) is 25.5. The summed E-state index contributed by atoms with van der Waals surface area (Å²) in [5, 5.41) is 6.24. The fraction of sp³-hybridized carbons (Fsp3) is 0.321. The third-order valence-electron chi connectivity index (χ3n) is 6.03. The van der Waals surface area contributed by atoms with Gasteiger partial charge in [0.25, 0.3) is 11.8 Å². The van der Waals surface area contributed by atoms with Crippen LogP contribution in [0.5, 0.6) is 5.75 Å². The lowest BCUT2D eigenvalue weighted by atomic mass is 9.88. The van der Waals surface area contributed by atoms with Crippen LogP contribution in [0, 0.1) is 5.92 Å². The standard InChI is InChI=1S/C28H30N2O5S/c1-3-34-28(33)25-22-14-9-18(2)15-23(22)36-27(25)30-24(31)17-35-21-12-10-20(11-13-21)26(32)29-16-19-7-5-4-6-8-19/h4-8,10-13,18H,3,9,14-17H2,1-2H3,(H,29,32)(H,30,31). The number of anilines is 1. The average molecular weight is 507 g/mol. The van der Waals surface area contributed by atoms with Crippen molar-refractivity contribution in [3.63, 3.8) is 0 Å². The highest BCUT2D eigenvalue weighted by atomic mass is 32.1. The molecule has 0 bridgehead atoms. The topological polar surface area (TPSA) is 93.7 Å². The molecule has 8 heteroatoms. The number of benzene rings is 2. The first-order valence-corrected chi connectivity index (χ1v) is 12.9. The Hall–Kier alpha value is -3.65. The Morgan fingerprint density at radius 2 is 1.81 bits per heavy atom. The van der Waals surface area contributed by atoms with E-state index in [1.807, 2.05) is 30.3 Å². The zero-order valence-corrected chi connectivity index (χ0v) is 21.3. The van der Waals surface area contributed by atoms with E-state index in [-0.39, 0.29) is 25.0 Å². The quantitative estimate of drug-likeness (QED) is 0.399. The van der Waals surface area contributed by atoms with E-state index < -0.39 is 5.97 Å². The minimum atomic E-state index is -0.401. The number of rotatable bonds is 9. The summed E-state index contributed by atoms with van der Waals surface area (Å²) in [5.41, 5.74) is 2.99. The van der Waals surface area contributed by atoms with E-state index in [0.717, 1.165) is 35.3 Å². The molecule has 0 aliphatic heterocycles. The number of amides is 2. The van der Waals surface area contributed by atoms with Crippen LogP contribution in [0.25, 0.3) is 0 Å². The molecule has 1 aliphatic carbocycles. The highest BCUT2D eigenvalue weighted by Crippen LogP contribution is 2.40. The summed E-state index contributed by atoms with van der Waals surface area (Å²) in [4.78, 5) is 38.8. The van der Waals surface area contributed by atoms with Gasteiger partial charge in [0.05, 0.1) is 12.2 Å². The van der Waals surface area contributed by atoms with Gasteiger partial charge < -0.3 is 20.1 Å². The molecule has 1 unspecified atom stereocenters. The molecule has 4 rings (SSSR count). The van der Waals surface area contributed by atoms with Crippen LogP contribution in [0.4, 0.5) is 5.00 Å². The fourth-order valence-electron chi connectivity index (χ4n) is 4.15. The second-order valence-corrected chi connectivity index (χ2v) is 9.91. The third-order valence-corrected chi connectivity index (χ3v) is 7.20. The molecule has 3 aromatic rings. The van der Waals surface area contributed by atoms with Gasteiger partial charge in [-0.05, 0) is 67.5 Å². The molecule has 2 amide bonds. The molecule has 36 heavy (non-hydrogen) atoms. The molecular weight excluding hydrogens is 476 g/mol. The highest BCUT2D eigenvalue weighted by Gasteiger charge is 2.29. The summed E-state index contributed by atoms with van der Waals surface area (Å²) in [6, 6.07) is 16.3. The van der Waals surface area contributed by atoms with Gasteiger partial charge in [-0.3, -0.25) is 9.59 Å². The molecule has 2 aromatic carbocycles. The van der Waals surface area contributed by atoms with Crippen LogP contribution in [0.2, 0.25) is 0 Å². The lowest BCUT2D eigenvalue weighted by Crippen LogP contribution is -2.23. The van der Waals surface area contributed by atoms with E-state index in [2.05, 4.69) is 17.6 Å². The Kier molecular flexibility index (Phi) is 8.38. The van der Waals surface area contributed by atoms with Gasteiger partial charge >= 0.3 is 5.97 Å². The third kappa shape index (κ3) is 6.31. The first-order valence-electron chi connectivity index (χ1n) is 12.1. The molecule has 1 aliphatic rings. The molecule has 1 atom stereocenters. The Balaban J connectivity index is 1.33. The Morgan fingerprint density at radius 3 is 2.53 bits per heavy atom. The van der Waals surface area contributed by atoms with Crippen LogP contribution < -0.4 is 15.4 Å². The number of hydrogen-bond donors (Lipinski definition) is 2. The van der Waals surface area contributed by atoms with Crippen molar-refractivity contribution in [2.75, 3.05) is 18.5 Å². The summed E-state index contributed by atoms with van der Waals surface area (Å²) in [5.74, 6) is 0.0561. The molecule has 0 fully saturated rings. The van der Waals surface area contributed by atoms with Crippen molar-refractivity contribution < 1.29 is 23.9 Å². The van der Waals surface area contributed by atoms with Crippen LogP contribution in [-0.4, -0.2) is 31.0 Å². The summed E-state index contributed by atoms with van der Waals surface area (Å²) in [6.07, 6.45) is 2.70. The number of fused-ring (bicyclic) bond motifs is 1. The molecule has 1 heterocycles. The van der Waals surface area contributed by atoms with Gasteiger partial charge in [-0.15, -0.1) is 11.3 Å². The van der Waals surface area contributed by atoms with Crippen LogP contribution in [0.15, 0.2) is 54.6 Å². The second-order valence-electron chi connectivity index (χ2n) is 8.81. The maximum Gasteiger partial charge on any atom is 0.341 e. The van der Waals surface area contributed by atoms with E-state index in [1.165, 1.54) is 11.3 Å². The Bertz CT molecular complexity index is 1220. The van der Waals surface area contributed by atoms with Gasteiger partial charge in [0.1, 0.15) is 10.8 Å². The SMILES string of the molecule is CCOC(=O)c1c(NC(=O)COc2ccc(C(=O)NCc3ccccc3)cc2)sc2c1CCC(C)C2. The Labute approximate surface area is 214 Å². The van der Waals surface area contributed by atoms with E-state index in [9.17, 15) is 14.4 Å². The fourth-order valence-corrected chi connectivity index (χ4v) is 5.57. The molecule has 188 valence electrons. The van der Waals surface area contributed by atoms with Crippen molar-refractivity contribution >= 4 is 34.1 Å². The van der Waals surface area contributed by atoms with E-state index in [4.69, 9.17) is 9.47 Å². The number of hydrogen-bond acceptors (Lipinski definition) is 6. The van der Waals surface area contributed by atoms with Crippen LogP contribution in [0.3, 0.4) is 0 Å². The van der Waals surface area contributed by atoms with Crippen molar-refractivity contribution in [1.29, 1.82) is 0 Å². The first kappa shape index (κ1) is 25.4. The van der Waals surface area contributed by atoms with Gasteiger partial charge in [-0.2, -0.15) is 0 Å². The predicted octanol–water partition coefficient (Wildman–Crippen LogP) is 5.00. The van der Waals surface area contributed by atoms with Gasteiger partial charge in [-0.1, -0.05) is 37.3 Å². The number of nitrogens with one attached hydrogen (secondary N) is 2. The van der Waals surface area contributed by atoms with Crippen molar-refractivity contribution in [2.24, 2.45) is 5.92 Å². The molecule has 0 spiro atoms. The number of ether oxygens (including phenoxy) is 2. The summed E-state index contributed by atoms with van der Waals surface area (Å²) >= 11 is 1.45. The van der Waals surface area contributed by atoms with Crippen LogP contribution >= 0.6 is 11.3 Å². The van der Waals surface area contributed by atoms with E-state index >= 15 is 0 Å². The lowest BCUT2D eigenvalue weighted by molar-refractivity contribution is -0.118. The number of carbonyl (C=O) groups excluding carboxylic acids is 3. The number of esters is 1. The van der Waals surface area contributed by atoms with Crippen molar-refractivity contribution in [3.8, 4) is 5.75 Å². The van der Waals surface area contributed by atoms with Crippen molar-refractivity contribution in [3.05, 3.63) is 81.7 Å². The van der Waals surface area contributed by atoms with Crippen molar-refractivity contribution in [2.45, 2.75) is 39.7 Å². The molecule has 0 radical (unpaired) electrons. The smallest absolute Gasteiger partial charge is 0.341 e. The minimum Gasteiger partial charge on any atom is -0.484 e. The maximum atomic E-state index is 12.6. The monoisotopic (exact) mass is 506 g/mol. The summed E-state index contributed by atoms with van der Waals surface area (Å²) < 4.78 is 10.9. The van der Waals surface area contributed by atoms with Gasteiger partial charge in [0.2, 0.25) is 0 Å². The minimum absolute atomic E-state index is 0.189. The maximum absolute atomic E-state index is 12.6. The predicted molar refractivity (Wildman–Crippen MR) is 140 cm³/mol. The molecule has 7 nitrogen and oxygen atoms in total. The highest BCUT2D eigenvalue weighted by molar-refractivity contribution is 7.17. The second kappa shape index (κ2) is 11.9. The Morgan fingerprint density at radius 1 is 1.06 bits per heavy atom. The zero-order valence-electron chi connectivity index (χ0n) is 20.5. The first-order chi connectivity index (χ1) is 17.4. The average Bonchev–Trinajstić information content (AvgIpc) is 3.23. The lowest BCUT2D eigenvalue weighted by Gasteiger charge is -2.18. The summed E-state index contributed by atoms with van der Waals surface area (Å²) in [7, 11) is 0. The van der Waals surface area contributed by atoms with Crippen LogP contribution in [-0.2, 0) is 28.9 Å². The normalized spacial score (nSPS) is 14.4. The van der Waals surface area contributed by atoms with E-state index in [0.29, 0.717) is 34.3 Å². The van der Waals surface area contributed by atoms with Crippen molar-refractivity contribution in [1.82, 2.24) is 5.32 Å². The molecular formula is C28H30N2O5S. The molecule has 2 N–H and O–H groups in total.